The molecular weight excluding hydrogens is 321 g/mol. The lowest BCUT2D eigenvalue weighted by atomic mass is 10.1. The fraction of sp³-hybridized carbons (Fsp3) is 0.111. The summed E-state index contributed by atoms with van der Waals surface area (Å²) in [5.74, 6) is 0.535. The maximum absolute atomic E-state index is 13.6. The quantitative estimate of drug-likeness (QED) is 0.605. The first-order chi connectivity index (χ1) is 12.1. The normalized spacial score (nSPS) is 11.0. The van der Waals surface area contributed by atoms with Crippen LogP contribution in [0.25, 0.3) is 22.5 Å². The highest BCUT2D eigenvalue weighted by Gasteiger charge is 2.17. The van der Waals surface area contributed by atoms with Gasteiger partial charge in [-0.2, -0.15) is 4.98 Å². The molecule has 6 nitrogen and oxygen atoms in total. The van der Waals surface area contributed by atoms with E-state index in [0.717, 1.165) is 11.1 Å². The van der Waals surface area contributed by atoms with Gasteiger partial charge >= 0.3 is 0 Å². The van der Waals surface area contributed by atoms with Crippen molar-refractivity contribution < 1.29 is 8.91 Å². The highest BCUT2D eigenvalue weighted by Crippen LogP contribution is 2.34. The topological polar surface area (TPSA) is 76.7 Å². The van der Waals surface area contributed by atoms with Gasteiger partial charge in [0, 0.05) is 23.0 Å². The number of nitrogens with zero attached hydrogens (tertiary/aromatic N) is 4. The molecule has 1 aromatic carbocycles. The second-order valence-electron chi connectivity index (χ2n) is 5.65. The molecule has 4 aromatic rings. The van der Waals surface area contributed by atoms with Crippen LogP contribution < -0.4 is 5.32 Å². The Morgan fingerprint density at radius 3 is 2.72 bits per heavy atom. The van der Waals surface area contributed by atoms with E-state index >= 15 is 0 Å². The van der Waals surface area contributed by atoms with Crippen molar-refractivity contribution in [2.45, 2.75) is 13.8 Å². The van der Waals surface area contributed by atoms with Gasteiger partial charge in [0.15, 0.2) is 11.5 Å². The van der Waals surface area contributed by atoms with E-state index in [-0.39, 0.29) is 5.82 Å². The molecule has 0 aliphatic carbocycles. The lowest BCUT2D eigenvalue weighted by molar-refractivity contribution is 0.425. The van der Waals surface area contributed by atoms with Crippen molar-refractivity contribution in [1.82, 2.24) is 20.1 Å². The number of nitrogens with one attached hydrogen (secondary N) is 1. The maximum atomic E-state index is 13.6. The standard InChI is InChI=1S/C18H14FN5O/c1-10-6-7-14-16(23-13-5-3-4-12(19)8-13)15(9-20-17(14)21-10)18-22-11(2)24-25-18/h3-9H,1-2H3,(H,20,21,23). The molecule has 0 unspecified atom stereocenters. The smallest absolute Gasteiger partial charge is 0.261 e. The Hall–Kier alpha value is -3.35. The summed E-state index contributed by atoms with van der Waals surface area (Å²) in [5, 5.41) is 7.85. The van der Waals surface area contributed by atoms with E-state index in [0.29, 0.717) is 34.3 Å². The van der Waals surface area contributed by atoms with Crippen molar-refractivity contribution in [1.29, 1.82) is 0 Å². The van der Waals surface area contributed by atoms with Gasteiger partial charge in [-0.3, -0.25) is 0 Å². The lowest BCUT2D eigenvalue weighted by Crippen LogP contribution is -1.98. The molecule has 0 saturated carbocycles. The molecule has 0 saturated heterocycles. The van der Waals surface area contributed by atoms with Crippen LogP contribution >= 0.6 is 0 Å². The summed E-state index contributed by atoms with van der Waals surface area (Å²) in [7, 11) is 0. The zero-order valence-electron chi connectivity index (χ0n) is 13.6. The first-order valence-electron chi connectivity index (χ1n) is 7.70. The summed E-state index contributed by atoms with van der Waals surface area (Å²) in [4.78, 5) is 13.1. The number of anilines is 2. The van der Waals surface area contributed by atoms with Gasteiger partial charge in [-0.1, -0.05) is 11.2 Å². The van der Waals surface area contributed by atoms with Gasteiger partial charge in [-0.05, 0) is 44.2 Å². The molecule has 0 spiro atoms. The number of benzene rings is 1. The molecule has 3 aromatic heterocycles. The van der Waals surface area contributed by atoms with E-state index in [9.17, 15) is 4.39 Å². The monoisotopic (exact) mass is 335 g/mol. The van der Waals surface area contributed by atoms with E-state index in [1.54, 1.807) is 25.3 Å². The number of pyridine rings is 2. The Bertz CT molecular complexity index is 1080. The third-order valence-corrected chi connectivity index (χ3v) is 3.72. The largest absolute Gasteiger partial charge is 0.354 e. The van der Waals surface area contributed by atoms with Gasteiger partial charge in [-0.25, -0.2) is 14.4 Å². The molecule has 0 radical (unpaired) electrons. The molecule has 0 bridgehead atoms. The number of halogens is 1. The van der Waals surface area contributed by atoms with Crippen LogP contribution in [-0.2, 0) is 0 Å². The SMILES string of the molecule is Cc1ccc2c(Nc3cccc(F)c3)c(-c3nc(C)no3)cnc2n1. The molecular formula is C18H14FN5O. The van der Waals surface area contributed by atoms with E-state index in [1.165, 1.54) is 12.1 Å². The molecule has 0 aliphatic rings. The van der Waals surface area contributed by atoms with Gasteiger partial charge < -0.3 is 9.84 Å². The first kappa shape index (κ1) is 15.2. The fourth-order valence-corrected chi connectivity index (χ4v) is 2.59. The summed E-state index contributed by atoms with van der Waals surface area (Å²) in [6.45, 7) is 3.64. The zero-order valence-corrected chi connectivity index (χ0v) is 13.6. The van der Waals surface area contributed by atoms with E-state index in [1.807, 2.05) is 19.1 Å². The van der Waals surface area contributed by atoms with E-state index in [4.69, 9.17) is 4.52 Å². The summed E-state index contributed by atoms with van der Waals surface area (Å²) < 4.78 is 18.8. The highest BCUT2D eigenvalue weighted by atomic mass is 19.1. The van der Waals surface area contributed by atoms with Crippen molar-refractivity contribution in [3.8, 4) is 11.5 Å². The molecule has 0 fully saturated rings. The molecule has 3 heterocycles. The van der Waals surface area contributed by atoms with Crippen LogP contribution in [0.15, 0.2) is 47.1 Å². The number of hydrogen-bond donors (Lipinski definition) is 1. The van der Waals surface area contributed by atoms with Crippen molar-refractivity contribution in [2.75, 3.05) is 5.32 Å². The van der Waals surface area contributed by atoms with Crippen LogP contribution in [-0.4, -0.2) is 20.1 Å². The summed E-state index contributed by atoms with van der Waals surface area (Å²) in [6, 6.07) is 10.0. The Kier molecular flexibility index (Phi) is 3.61. The molecule has 124 valence electrons. The van der Waals surface area contributed by atoms with Crippen molar-refractivity contribution >= 4 is 22.4 Å². The first-order valence-corrected chi connectivity index (χ1v) is 7.70. The van der Waals surface area contributed by atoms with Crippen LogP contribution in [0, 0.1) is 19.7 Å². The van der Waals surface area contributed by atoms with E-state index in [2.05, 4.69) is 25.4 Å². The van der Waals surface area contributed by atoms with Crippen molar-refractivity contribution in [3.63, 3.8) is 0 Å². The van der Waals surface area contributed by atoms with Gasteiger partial charge in [0.25, 0.3) is 5.89 Å². The second kappa shape index (κ2) is 5.94. The van der Waals surface area contributed by atoms with Crippen LogP contribution in [0.5, 0.6) is 0 Å². The number of aryl methyl sites for hydroxylation is 2. The second-order valence-corrected chi connectivity index (χ2v) is 5.65. The van der Waals surface area contributed by atoms with Crippen LogP contribution in [0.1, 0.15) is 11.5 Å². The molecule has 1 N–H and O–H groups in total. The van der Waals surface area contributed by atoms with E-state index < -0.39 is 0 Å². The number of aromatic nitrogens is 4. The van der Waals surface area contributed by atoms with Gasteiger partial charge in [0.05, 0.1) is 11.3 Å². The third kappa shape index (κ3) is 2.91. The zero-order chi connectivity index (χ0) is 17.4. The average molecular weight is 335 g/mol. The predicted molar refractivity (Wildman–Crippen MR) is 92.0 cm³/mol. The Morgan fingerprint density at radius 2 is 1.96 bits per heavy atom. The lowest BCUT2D eigenvalue weighted by Gasteiger charge is -2.13. The highest BCUT2D eigenvalue weighted by molar-refractivity contribution is 5.98. The molecule has 0 atom stereocenters. The molecule has 4 rings (SSSR count). The van der Waals surface area contributed by atoms with Crippen molar-refractivity contribution in [3.05, 3.63) is 59.9 Å². The third-order valence-electron chi connectivity index (χ3n) is 3.72. The van der Waals surface area contributed by atoms with Gasteiger partial charge in [0.1, 0.15) is 5.82 Å². The summed E-state index contributed by atoms with van der Waals surface area (Å²) >= 11 is 0. The minimum absolute atomic E-state index is 0.326. The van der Waals surface area contributed by atoms with Crippen LogP contribution in [0.3, 0.4) is 0 Å². The minimum atomic E-state index is -0.326. The number of hydrogen-bond acceptors (Lipinski definition) is 6. The Morgan fingerprint density at radius 1 is 1.08 bits per heavy atom. The fourth-order valence-electron chi connectivity index (χ4n) is 2.59. The van der Waals surface area contributed by atoms with Crippen LogP contribution in [0.4, 0.5) is 15.8 Å². The van der Waals surface area contributed by atoms with Gasteiger partial charge in [-0.15, -0.1) is 0 Å². The number of fused-ring (bicyclic) bond motifs is 1. The Balaban J connectivity index is 1.93. The minimum Gasteiger partial charge on any atom is -0.354 e. The molecule has 7 heteroatoms. The van der Waals surface area contributed by atoms with Crippen molar-refractivity contribution in [2.24, 2.45) is 0 Å². The average Bonchev–Trinajstić information content (AvgIpc) is 3.01. The molecule has 0 amide bonds. The maximum Gasteiger partial charge on any atom is 0.261 e. The van der Waals surface area contributed by atoms with Crippen LogP contribution in [0.2, 0.25) is 0 Å². The summed E-state index contributed by atoms with van der Waals surface area (Å²) in [6.07, 6.45) is 1.63. The molecule has 0 aliphatic heterocycles. The predicted octanol–water partition coefficient (Wildman–Crippen LogP) is 4.18. The Labute approximate surface area is 142 Å². The number of rotatable bonds is 3. The molecule has 25 heavy (non-hydrogen) atoms. The summed E-state index contributed by atoms with van der Waals surface area (Å²) in [5.41, 5.74) is 3.36. The van der Waals surface area contributed by atoms with Gasteiger partial charge in [0.2, 0.25) is 0 Å².